The molecule has 1 saturated carbocycles. The van der Waals surface area contributed by atoms with Crippen LogP contribution < -0.4 is 5.32 Å². The highest BCUT2D eigenvalue weighted by molar-refractivity contribution is 5.77. The molecule has 0 radical (unpaired) electrons. The fraction of sp³-hybridized carbons (Fsp3) is 0.929. The summed E-state index contributed by atoms with van der Waals surface area (Å²) in [6.45, 7) is 4.70. The fourth-order valence-corrected chi connectivity index (χ4v) is 2.48. The molecular weight excluding hydrogens is 230 g/mol. The van der Waals surface area contributed by atoms with Gasteiger partial charge in [-0.25, -0.2) is 0 Å². The molecule has 1 amide bonds. The zero-order valence-corrected chi connectivity index (χ0v) is 11.7. The number of aliphatic hydroxyl groups excluding tert-OH is 1. The summed E-state index contributed by atoms with van der Waals surface area (Å²) in [5.74, 6) is -0.0783. The molecule has 1 aliphatic rings. The standard InChI is InChI=1S/C14H27NO3/c1-13(2,8-9-16)11-15-12(17)10-14(18)6-4-3-5-7-14/h16,18H,3-11H2,1-2H3,(H,15,17). The Kier molecular flexibility index (Phi) is 5.60. The maximum Gasteiger partial charge on any atom is 0.222 e. The van der Waals surface area contributed by atoms with Crippen molar-refractivity contribution in [1.82, 2.24) is 5.32 Å². The third-order valence-corrected chi connectivity index (χ3v) is 3.83. The third-order valence-electron chi connectivity index (χ3n) is 3.83. The smallest absolute Gasteiger partial charge is 0.222 e. The summed E-state index contributed by atoms with van der Waals surface area (Å²) in [6.07, 6.45) is 5.54. The first-order valence-corrected chi connectivity index (χ1v) is 6.97. The van der Waals surface area contributed by atoms with E-state index in [1.165, 1.54) is 0 Å². The topological polar surface area (TPSA) is 69.6 Å². The average molecular weight is 257 g/mol. The van der Waals surface area contributed by atoms with Crippen LogP contribution in [0.15, 0.2) is 0 Å². The lowest BCUT2D eigenvalue weighted by molar-refractivity contribution is -0.127. The van der Waals surface area contributed by atoms with E-state index in [-0.39, 0.29) is 24.3 Å². The first-order valence-electron chi connectivity index (χ1n) is 6.97. The van der Waals surface area contributed by atoms with Gasteiger partial charge in [0, 0.05) is 13.2 Å². The summed E-state index contributed by atoms with van der Waals surface area (Å²) in [5.41, 5.74) is -0.886. The largest absolute Gasteiger partial charge is 0.396 e. The Bertz CT molecular complexity index is 270. The van der Waals surface area contributed by atoms with Crippen LogP contribution in [-0.4, -0.2) is 34.9 Å². The van der Waals surface area contributed by atoms with Gasteiger partial charge in [-0.05, 0) is 24.7 Å². The minimum absolute atomic E-state index is 0.0783. The predicted molar refractivity (Wildman–Crippen MR) is 71.1 cm³/mol. The second kappa shape index (κ2) is 6.53. The second-order valence-corrected chi connectivity index (χ2v) is 6.38. The van der Waals surface area contributed by atoms with Crippen molar-refractivity contribution < 1.29 is 15.0 Å². The number of carbonyl (C=O) groups is 1. The van der Waals surface area contributed by atoms with Gasteiger partial charge < -0.3 is 15.5 Å². The summed E-state index contributed by atoms with van der Waals surface area (Å²) in [5, 5.41) is 22.1. The van der Waals surface area contributed by atoms with E-state index in [0.717, 1.165) is 32.1 Å². The Morgan fingerprint density at radius 3 is 2.44 bits per heavy atom. The lowest BCUT2D eigenvalue weighted by atomic mass is 9.82. The lowest BCUT2D eigenvalue weighted by Crippen LogP contribution is -2.41. The SMILES string of the molecule is CC(C)(CCO)CNC(=O)CC1(O)CCCCC1. The van der Waals surface area contributed by atoms with E-state index in [0.29, 0.717) is 13.0 Å². The second-order valence-electron chi connectivity index (χ2n) is 6.38. The minimum atomic E-state index is -0.788. The van der Waals surface area contributed by atoms with Crippen molar-refractivity contribution in [2.45, 2.75) is 64.4 Å². The van der Waals surface area contributed by atoms with Crippen LogP contribution >= 0.6 is 0 Å². The number of carbonyl (C=O) groups excluding carboxylic acids is 1. The number of nitrogens with one attached hydrogen (secondary N) is 1. The first-order chi connectivity index (χ1) is 8.37. The Labute approximate surface area is 110 Å². The van der Waals surface area contributed by atoms with Crippen molar-refractivity contribution in [2.24, 2.45) is 5.41 Å². The van der Waals surface area contributed by atoms with Crippen molar-refractivity contribution in [3.05, 3.63) is 0 Å². The zero-order chi connectivity index (χ0) is 13.6. The molecule has 0 aromatic heterocycles. The van der Waals surface area contributed by atoms with Gasteiger partial charge in [0.15, 0.2) is 0 Å². The van der Waals surface area contributed by atoms with Crippen molar-refractivity contribution in [3.8, 4) is 0 Å². The Morgan fingerprint density at radius 2 is 1.89 bits per heavy atom. The van der Waals surface area contributed by atoms with Crippen molar-refractivity contribution >= 4 is 5.91 Å². The molecule has 0 aromatic carbocycles. The van der Waals surface area contributed by atoms with Crippen LogP contribution in [0.1, 0.15) is 58.8 Å². The average Bonchev–Trinajstić information content (AvgIpc) is 2.27. The summed E-state index contributed by atoms with van der Waals surface area (Å²) in [4.78, 5) is 11.8. The van der Waals surface area contributed by atoms with Gasteiger partial charge in [-0.2, -0.15) is 0 Å². The third kappa shape index (κ3) is 5.36. The highest BCUT2D eigenvalue weighted by atomic mass is 16.3. The Hall–Kier alpha value is -0.610. The quantitative estimate of drug-likeness (QED) is 0.677. The summed E-state index contributed by atoms with van der Waals surface area (Å²) in [6, 6.07) is 0. The van der Waals surface area contributed by atoms with Crippen LogP contribution in [0.3, 0.4) is 0 Å². The molecule has 4 heteroatoms. The van der Waals surface area contributed by atoms with Crippen molar-refractivity contribution in [1.29, 1.82) is 0 Å². The van der Waals surface area contributed by atoms with Crippen LogP contribution in [0, 0.1) is 5.41 Å². The van der Waals surface area contributed by atoms with E-state index in [2.05, 4.69) is 5.32 Å². The molecule has 4 nitrogen and oxygen atoms in total. The van der Waals surface area contributed by atoms with Crippen LogP contribution in [-0.2, 0) is 4.79 Å². The van der Waals surface area contributed by atoms with Gasteiger partial charge in [0.05, 0.1) is 12.0 Å². The first kappa shape index (κ1) is 15.4. The molecule has 0 heterocycles. The van der Waals surface area contributed by atoms with E-state index < -0.39 is 5.60 Å². The number of aliphatic hydroxyl groups is 2. The lowest BCUT2D eigenvalue weighted by Gasteiger charge is -2.32. The van der Waals surface area contributed by atoms with Gasteiger partial charge in [0.2, 0.25) is 5.91 Å². The molecule has 1 fully saturated rings. The number of amides is 1. The van der Waals surface area contributed by atoms with Gasteiger partial charge in [0.25, 0.3) is 0 Å². The molecule has 0 spiro atoms. The molecule has 0 aromatic rings. The summed E-state index contributed by atoms with van der Waals surface area (Å²) >= 11 is 0. The molecule has 106 valence electrons. The summed E-state index contributed by atoms with van der Waals surface area (Å²) in [7, 11) is 0. The minimum Gasteiger partial charge on any atom is -0.396 e. The Balaban J connectivity index is 2.32. The molecule has 18 heavy (non-hydrogen) atoms. The monoisotopic (exact) mass is 257 g/mol. The molecule has 0 saturated heterocycles. The van der Waals surface area contributed by atoms with Crippen molar-refractivity contribution in [3.63, 3.8) is 0 Å². The normalized spacial score (nSPS) is 19.6. The van der Waals surface area contributed by atoms with E-state index in [1.807, 2.05) is 13.8 Å². The van der Waals surface area contributed by atoms with Gasteiger partial charge in [-0.1, -0.05) is 33.1 Å². The maximum absolute atomic E-state index is 11.8. The van der Waals surface area contributed by atoms with E-state index in [1.54, 1.807) is 0 Å². The summed E-state index contributed by atoms with van der Waals surface area (Å²) < 4.78 is 0. The molecule has 0 atom stereocenters. The molecule has 0 aliphatic heterocycles. The van der Waals surface area contributed by atoms with Gasteiger partial charge in [-0.3, -0.25) is 4.79 Å². The van der Waals surface area contributed by atoms with Crippen LogP contribution in [0.5, 0.6) is 0 Å². The van der Waals surface area contributed by atoms with E-state index >= 15 is 0 Å². The van der Waals surface area contributed by atoms with Gasteiger partial charge in [-0.15, -0.1) is 0 Å². The van der Waals surface area contributed by atoms with Crippen LogP contribution in [0.4, 0.5) is 0 Å². The number of hydrogen-bond acceptors (Lipinski definition) is 3. The number of rotatable bonds is 6. The maximum atomic E-state index is 11.8. The molecule has 1 rings (SSSR count). The van der Waals surface area contributed by atoms with Crippen LogP contribution in [0.2, 0.25) is 0 Å². The van der Waals surface area contributed by atoms with Crippen molar-refractivity contribution in [2.75, 3.05) is 13.2 Å². The Morgan fingerprint density at radius 1 is 1.28 bits per heavy atom. The fourth-order valence-electron chi connectivity index (χ4n) is 2.48. The highest BCUT2D eigenvalue weighted by Gasteiger charge is 2.32. The number of hydrogen-bond donors (Lipinski definition) is 3. The molecule has 0 unspecified atom stereocenters. The zero-order valence-electron chi connectivity index (χ0n) is 11.7. The van der Waals surface area contributed by atoms with Crippen LogP contribution in [0.25, 0.3) is 0 Å². The predicted octanol–water partition coefficient (Wildman–Crippen LogP) is 1.60. The highest BCUT2D eigenvalue weighted by Crippen LogP contribution is 2.30. The van der Waals surface area contributed by atoms with E-state index in [4.69, 9.17) is 5.11 Å². The molecule has 0 bridgehead atoms. The molecule has 3 N–H and O–H groups in total. The van der Waals surface area contributed by atoms with E-state index in [9.17, 15) is 9.90 Å². The van der Waals surface area contributed by atoms with Gasteiger partial charge in [0.1, 0.15) is 0 Å². The molecular formula is C14H27NO3. The van der Waals surface area contributed by atoms with Gasteiger partial charge >= 0.3 is 0 Å². The molecule has 1 aliphatic carbocycles.